The Bertz CT molecular complexity index is 1480. The summed E-state index contributed by atoms with van der Waals surface area (Å²) in [6.45, 7) is 2.41. The summed E-state index contributed by atoms with van der Waals surface area (Å²) in [5.41, 5.74) is 3.34. The zero-order chi connectivity index (χ0) is 24.6. The monoisotopic (exact) mass is 492 g/mol. The number of hydrogen-bond acceptors (Lipinski definition) is 4. The second-order valence-corrected chi connectivity index (χ2v) is 10.6. The quantitative estimate of drug-likeness (QED) is 0.445. The minimum absolute atomic E-state index is 0.0513. The van der Waals surface area contributed by atoms with Gasteiger partial charge in [-0.3, -0.25) is 9.20 Å². The van der Waals surface area contributed by atoms with E-state index in [4.69, 9.17) is 4.98 Å². The molecule has 5 rings (SSSR count). The molecule has 2 aromatic heterocycles. The highest BCUT2D eigenvalue weighted by Crippen LogP contribution is 2.31. The van der Waals surface area contributed by atoms with Gasteiger partial charge in [0.05, 0.1) is 4.90 Å². The van der Waals surface area contributed by atoms with Gasteiger partial charge in [0.15, 0.2) is 0 Å². The molecule has 7 nitrogen and oxygen atoms in total. The van der Waals surface area contributed by atoms with Crippen molar-refractivity contribution in [3.63, 3.8) is 0 Å². The molecule has 1 amide bonds. The molecule has 180 valence electrons. The number of pyridine rings is 1. The van der Waals surface area contributed by atoms with Crippen molar-refractivity contribution in [1.29, 1.82) is 0 Å². The first-order valence-electron chi connectivity index (χ1n) is 11.4. The third-order valence-corrected chi connectivity index (χ3v) is 8.32. The number of amides is 1. The standard InChI is InChI=1S/C26H25FN4O3S/c1-18-6-5-15-31-24(18)28-23(19-7-3-2-4-8-19)25(31)29-26(32)20-13-16-30(17-14-20)35(33,34)22-11-9-21(27)10-12-22/h2-12,15,20H,13-14,16-17H2,1H3,(H,29,32). The average Bonchev–Trinajstić information content (AvgIpc) is 3.24. The average molecular weight is 493 g/mol. The number of carbonyl (C=O) groups is 1. The molecule has 35 heavy (non-hydrogen) atoms. The van der Waals surface area contributed by atoms with Crippen LogP contribution in [0, 0.1) is 18.7 Å². The Morgan fingerprint density at radius 2 is 1.69 bits per heavy atom. The fraction of sp³-hybridized carbons (Fsp3) is 0.231. The fourth-order valence-electron chi connectivity index (χ4n) is 4.45. The van der Waals surface area contributed by atoms with Crippen LogP contribution in [-0.2, 0) is 14.8 Å². The van der Waals surface area contributed by atoms with E-state index in [-0.39, 0.29) is 29.8 Å². The predicted molar refractivity (Wildman–Crippen MR) is 132 cm³/mol. The van der Waals surface area contributed by atoms with Gasteiger partial charge in [-0.2, -0.15) is 4.31 Å². The molecule has 0 saturated carbocycles. The molecule has 0 atom stereocenters. The Labute approximate surface area is 203 Å². The van der Waals surface area contributed by atoms with Crippen molar-refractivity contribution in [3.05, 3.63) is 84.3 Å². The lowest BCUT2D eigenvalue weighted by molar-refractivity contribution is -0.120. The van der Waals surface area contributed by atoms with E-state index in [1.54, 1.807) is 0 Å². The number of aromatic nitrogens is 2. The first kappa shape index (κ1) is 23.2. The number of sulfonamides is 1. The van der Waals surface area contributed by atoms with E-state index in [2.05, 4.69) is 5.32 Å². The third kappa shape index (κ3) is 4.44. The van der Waals surface area contributed by atoms with E-state index >= 15 is 0 Å². The lowest BCUT2D eigenvalue weighted by Crippen LogP contribution is -2.41. The highest BCUT2D eigenvalue weighted by Gasteiger charge is 2.33. The number of piperidine rings is 1. The zero-order valence-electron chi connectivity index (χ0n) is 19.2. The van der Waals surface area contributed by atoms with Gasteiger partial charge in [-0.15, -0.1) is 0 Å². The second kappa shape index (κ2) is 9.24. The highest BCUT2D eigenvalue weighted by molar-refractivity contribution is 7.89. The first-order valence-corrected chi connectivity index (χ1v) is 12.9. The minimum atomic E-state index is -3.73. The number of anilines is 1. The topological polar surface area (TPSA) is 83.8 Å². The summed E-state index contributed by atoms with van der Waals surface area (Å²) in [7, 11) is -3.73. The van der Waals surface area contributed by atoms with Crippen LogP contribution < -0.4 is 5.32 Å². The van der Waals surface area contributed by atoms with E-state index in [1.807, 2.05) is 60.0 Å². The summed E-state index contributed by atoms with van der Waals surface area (Å²) >= 11 is 0. The number of fused-ring (bicyclic) bond motifs is 1. The predicted octanol–water partition coefficient (Wildman–Crippen LogP) is 4.49. The number of carbonyl (C=O) groups excluding carboxylic acids is 1. The largest absolute Gasteiger partial charge is 0.310 e. The molecule has 3 heterocycles. The molecule has 0 unspecified atom stereocenters. The number of hydrogen-bond donors (Lipinski definition) is 1. The molecule has 9 heteroatoms. The first-order chi connectivity index (χ1) is 16.8. The van der Waals surface area contributed by atoms with Crippen molar-refractivity contribution >= 4 is 27.4 Å². The maximum absolute atomic E-state index is 13.3. The summed E-state index contributed by atoms with van der Waals surface area (Å²) in [6.07, 6.45) is 2.65. The second-order valence-electron chi connectivity index (χ2n) is 8.68. The van der Waals surface area contributed by atoms with Gasteiger partial charge in [0, 0.05) is 30.8 Å². The molecule has 0 bridgehead atoms. The Balaban J connectivity index is 1.35. The van der Waals surface area contributed by atoms with Crippen LogP contribution in [0.3, 0.4) is 0 Å². The smallest absolute Gasteiger partial charge is 0.243 e. The van der Waals surface area contributed by atoms with Crippen LogP contribution in [0.2, 0.25) is 0 Å². The van der Waals surface area contributed by atoms with Crippen molar-refractivity contribution in [2.24, 2.45) is 5.92 Å². The van der Waals surface area contributed by atoms with Gasteiger partial charge in [-0.1, -0.05) is 36.4 Å². The summed E-state index contributed by atoms with van der Waals surface area (Å²) in [6, 6.07) is 18.4. The van der Waals surface area contributed by atoms with Crippen molar-refractivity contribution in [1.82, 2.24) is 13.7 Å². The van der Waals surface area contributed by atoms with Crippen molar-refractivity contribution in [3.8, 4) is 11.3 Å². The normalized spacial score (nSPS) is 15.4. The molecule has 4 aromatic rings. The number of halogens is 1. The molecule has 1 aliphatic rings. The van der Waals surface area contributed by atoms with Crippen LogP contribution in [0.1, 0.15) is 18.4 Å². The molecule has 2 aromatic carbocycles. The number of aryl methyl sites for hydroxylation is 1. The van der Waals surface area contributed by atoms with E-state index in [9.17, 15) is 17.6 Å². The fourth-order valence-corrected chi connectivity index (χ4v) is 5.92. The number of nitrogens with zero attached hydrogens (tertiary/aromatic N) is 3. The molecule has 0 aliphatic carbocycles. The summed E-state index contributed by atoms with van der Waals surface area (Å²) in [5, 5.41) is 3.07. The van der Waals surface area contributed by atoms with Gasteiger partial charge in [-0.05, 0) is 55.7 Å². The SMILES string of the molecule is Cc1cccn2c(NC(=O)C3CCN(S(=O)(=O)c4ccc(F)cc4)CC3)c(-c3ccccc3)nc12. The van der Waals surface area contributed by atoms with Gasteiger partial charge < -0.3 is 5.32 Å². The Morgan fingerprint density at radius 3 is 2.37 bits per heavy atom. The molecule has 1 aliphatic heterocycles. The van der Waals surface area contributed by atoms with E-state index in [0.717, 1.165) is 28.9 Å². The molecular weight excluding hydrogens is 467 g/mol. The maximum Gasteiger partial charge on any atom is 0.243 e. The number of nitrogens with one attached hydrogen (secondary N) is 1. The van der Waals surface area contributed by atoms with Crippen LogP contribution in [0.25, 0.3) is 16.9 Å². The van der Waals surface area contributed by atoms with Gasteiger partial charge in [0.25, 0.3) is 0 Å². The van der Waals surface area contributed by atoms with Gasteiger partial charge in [0.2, 0.25) is 15.9 Å². The molecule has 0 spiro atoms. The third-order valence-electron chi connectivity index (χ3n) is 6.41. The van der Waals surface area contributed by atoms with Crippen LogP contribution in [0.15, 0.2) is 77.8 Å². The summed E-state index contributed by atoms with van der Waals surface area (Å²) < 4.78 is 42.3. The maximum atomic E-state index is 13.3. The van der Waals surface area contributed by atoms with Crippen LogP contribution >= 0.6 is 0 Å². The molecule has 1 fully saturated rings. The van der Waals surface area contributed by atoms with Gasteiger partial charge in [-0.25, -0.2) is 17.8 Å². The van der Waals surface area contributed by atoms with Gasteiger partial charge >= 0.3 is 0 Å². The van der Waals surface area contributed by atoms with Crippen molar-refractivity contribution < 1.29 is 17.6 Å². The Hall–Kier alpha value is -3.56. The Morgan fingerprint density at radius 1 is 1.00 bits per heavy atom. The van der Waals surface area contributed by atoms with Crippen molar-refractivity contribution in [2.45, 2.75) is 24.7 Å². The molecule has 1 N–H and O–H groups in total. The van der Waals surface area contributed by atoms with Crippen LogP contribution in [0.5, 0.6) is 0 Å². The zero-order valence-corrected chi connectivity index (χ0v) is 20.0. The molecular formula is C26H25FN4O3S. The van der Waals surface area contributed by atoms with E-state index < -0.39 is 15.8 Å². The van der Waals surface area contributed by atoms with Crippen molar-refractivity contribution in [2.75, 3.05) is 18.4 Å². The van der Waals surface area contributed by atoms with Crippen LogP contribution in [-0.4, -0.2) is 41.1 Å². The van der Waals surface area contributed by atoms with Gasteiger partial charge in [0.1, 0.15) is 23.0 Å². The number of benzene rings is 2. The Kier molecular flexibility index (Phi) is 6.12. The minimum Gasteiger partial charge on any atom is -0.310 e. The lowest BCUT2D eigenvalue weighted by atomic mass is 9.97. The molecule has 0 radical (unpaired) electrons. The number of rotatable bonds is 5. The summed E-state index contributed by atoms with van der Waals surface area (Å²) in [5.74, 6) is -0.393. The van der Waals surface area contributed by atoms with Crippen LogP contribution in [0.4, 0.5) is 10.2 Å². The summed E-state index contributed by atoms with van der Waals surface area (Å²) in [4.78, 5) is 18.1. The lowest BCUT2D eigenvalue weighted by Gasteiger charge is -2.30. The number of imidazole rings is 1. The van der Waals surface area contributed by atoms with E-state index in [0.29, 0.717) is 24.4 Å². The van der Waals surface area contributed by atoms with E-state index in [1.165, 1.54) is 16.4 Å². The highest BCUT2D eigenvalue weighted by atomic mass is 32.2. The molecule has 1 saturated heterocycles.